The number of hydrogen-bond donors (Lipinski definition) is 0. The van der Waals surface area contributed by atoms with Crippen LogP contribution in [0.5, 0.6) is 0 Å². The van der Waals surface area contributed by atoms with Crippen molar-refractivity contribution < 1.29 is 13.3 Å². The fourth-order valence-corrected chi connectivity index (χ4v) is 3.97. The van der Waals surface area contributed by atoms with Crippen LogP contribution in [0.15, 0.2) is 12.7 Å². The van der Waals surface area contributed by atoms with E-state index < -0.39 is 8.80 Å². The van der Waals surface area contributed by atoms with Crippen molar-refractivity contribution in [3.63, 3.8) is 0 Å². The molecule has 0 unspecified atom stereocenters. The fraction of sp³-hybridized carbons (Fsp3) is 0.778. The van der Waals surface area contributed by atoms with Gasteiger partial charge in [0.05, 0.1) is 19.8 Å². The van der Waals surface area contributed by atoms with Gasteiger partial charge in [-0.15, -0.1) is 6.58 Å². The van der Waals surface area contributed by atoms with Gasteiger partial charge in [-0.2, -0.15) is 0 Å². The van der Waals surface area contributed by atoms with Gasteiger partial charge in [0.15, 0.2) is 0 Å². The standard InChI is InChI=1S/C9H17NO3Si/c1-2-9-14-11-6-3-10(4-7-12-14)5-8-13-14/h2H,1,3-9H2. The summed E-state index contributed by atoms with van der Waals surface area (Å²) in [6.45, 7) is 8.90. The average Bonchev–Trinajstić information content (AvgIpc) is 2.06. The molecule has 0 aromatic heterocycles. The van der Waals surface area contributed by atoms with Crippen LogP contribution in [0, 0.1) is 0 Å². The first-order valence-electron chi connectivity index (χ1n) is 5.10. The van der Waals surface area contributed by atoms with Crippen LogP contribution in [0.2, 0.25) is 6.04 Å². The van der Waals surface area contributed by atoms with E-state index in [1.165, 1.54) is 0 Å². The molecule has 14 heavy (non-hydrogen) atoms. The van der Waals surface area contributed by atoms with Gasteiger partial charge in [0.2, 0.25) is 0 Å². The third-order valence-corrected chi connectivity index (χ3v) is 5.30. The molecule has 0 radical (unpaired) electrons. The average molecular weight is 215 g/mol. The van der Waals surface area contributed by atoms with Crippen LogP contribution in [0.3, 0.4) is 0 Å². The second kappa shape index (κ2) is 4.54. The van der Waals surface area contributed by atoms with E-state index in [0.717, 1.165) is 45.5 Å². The molecule has 3 rings (SSSR count). The van der Waals surface area contributed by atoms with E-state index in [2.05, 4.69) is 11.5 Å². The summed E-state index contributed by atoms with van der Waals surface area (Å²) in [5.41, 5.74) is 0. The van der Waals surface area contributed by atoms with Gasteiger partial charge in [-0.25, -0.2) is 0 Å². The molecule has 0 amide bonds. The first-order chi connectivity index (χ1) is 6.85. The van der Waals surface area contributed by atoms with Crippen LogP contribution < -0.4 is 0 Å². The molecule has 0 atom stereocenters. The molecule has 3 saturated heterocycles. The number of allylic oxidation sites excluding steroid dienone is 1. The molecule has 4 nitrogen and oxygen atoms in total. The number of rotatable bonds is 2. The molecule has 0 aliphatic carbocycles. The van der Waals surface area contributed by atoms with Crippen LogP contribution in [0.1, 0.15) is 0 Å². The monoisotopic (exact) mass is 215 g/mol. The van der Waals surface area contributed by atoms with Gasteiger partial charge in [0.25, 0.3) is 0 Å². The number of fused-ring (bicyclic) bond motifs is 6. The largest absolute Gasteiger partial charge is 0.505 e. The normalized spacial score (nSPS) is 38.4. The second-order valence-corrected chi connectivity index (χ2v) is 6.20. The summed E-state index contributed by atoms with van der Waals surface area (Å²) < 4.78 is 17.3. The summed E-state index contributed by atoms with van der Waals surface area (Å²) in [5.74, 6) is 0. The first kappa shape index (κ1) is 10.3. The third-order valence-electron chi connectivity index (χ3n) is 2.58. The summed E-state index contributed by atoms with van der Waals surface area (Å²) in [6, 6.07) is 0.729. The molecular formula is C9H17NO3Si. The van der Waals surface area contributed by atoms with Gasteiger partial charge in [0.1, 0.15) is 0 Å². The number of nitrogens with zero attached hydrogens (tertiary/aromatic N) is 1. The van der Waals surface area contributed by atoms with Gasteiger partial charge in [-0.3, -0.25) is 4.90 Å². The van der Waals surface area contributed by atoms with Crippen LogP contribution in [-0.2, 0) is 13.3 Å². The highest BCUT2D eigenvalue weighted by Gasteiger charge is 2.42. The van der Waals surface area contributed by atoms with E-state index in [4.69, 9.17) is 13.3 Å². The molecule has 2 bridgehead atoms. The molecule has 3 heterocycles. The maximum absolute atomic E-state index is 5.76. The summed E-state index contributed by atoms with van der Waals surface area (Å²) in [4.78, 5) is 2.31. The minimum atomic E-state index is -2.37. The van der Waals surface area contributed by atoms with Crippen molar-refractivity contribution in [1.29, 1.82) is 0 Å². The molecule has 80 valence electrons. The Balaban J connectivity index is 2.07. The summed E-state index contributed by atoms with van der Waals surface area (Å²) in [5, 5.41) is 0. The maximum atomic E-state index is 5.76. The molecule has 5 heteroatoms. The Bertz CT molecular complexity index is 186. The molecular weight excluding hydrogens is 198 g/mol. The van der Waals surface area contributed by atoms with Crippen LogP contribution in [0.4, 0.5) is 0 Å². The predicted octanol–water partition coefficient (Wildman–Crippen LogP) is 0.490. The lowest BCUT2D eigenvalue weighted by Gasteiger charge is -2.37. The van der Waals surface area contributed by atoms with E-state index in [9.17, 15) is 0 Å². The van der Waals surface area contributed by atoms with Crippen LogP contribution in [-0.4, -0.2) is 53.2 Å². The Hall–Kier alpha value is -0.203. The molecule has 3 aliphatic heterocycles. The predicted molar refractivity (Wildman–Crippen MR) is 55.1 cm³/mol. The Morgan fingerprint density at radius 3 is 2.00 bits per heavy atom. The molecule has 0 aromatic carbocycles. The lowest BCUT2D eigenvalue weighted by Crippen LogP contribution is -2.54. The summed E-state index contributed by atoms with van der Waals surface area (Å²) in [6.07, 6.45) is 1.84. The lowest BCUT2D eigenvalue weighted by atomic mass is 10.4. The molecule has 0 N–H and O–H groups in total. The minimum absolute atomic E-state index is 0.722. The van der Waals surface area contributed by atoms with Crippen molar-refractivity contribution in [2.24, 2.45) is 0 Å². The lowest BCUT2D eigenvalue weighted by molar-refractivity contribution is -0.00640. The van der Waals surface area contributed by atoms with E-state index in [1.54, 1.807) is 0 Å². The molecule has 0 aromatic rings. The first-order valence-corrected chi connectivity index (χ1v) is 7.03. The van der Waals surface area contributed by atoms with E-state index in [-0.39, 0.29) is 0 Å². The van der Waals surface area contributed by atoms with Gasteiger partial charge < -0.3 is 13.3 Å². The third kappa shape index (κ3) is 2.24. The maximum Gasteiger partial charge on any atom is 0.505 e. The van der Waals surface area contributed by atoms with E-state index in [0.29, 0.717) is 0 Å². The van der Waals surface area contributed by atoms with Crippen molar-refractivity contribution in [2.45, 2.75) is 6.04 Å². The van der Waals surface area contributed by atoms with Gasteiger partial charge in [-0.1, -0.05) is 6.08 Å². The highest BCUT2D eigenvalue weighted by atomic mass is 28.4. The zero-order valence-electron chi connectivity index (χ0n) is 8.41. The van der Waals surface area contributed by atoms with Crippen molar-refractivity contribution in [3.05, 3.63) is 12.7 Å². The van der Waals surface area contributed by atoms with Crippen LogP contribution in [0.25, 0.3) is 0 Å². The van der Waals surface area contributed by atoms with Crippen molar-refractivity contribution in [1.82, 2.24) is 4.90 Å². The fourth-order valence-electron chi connectivity index (χ4n) is 1.80. The van der Waals surface area contributed by atoms with Crippen LogP contribution >= 0.6 is 0 Å². The zero-order valence-corrected chi connectivity index (χ0v) is 9.41. The summed E-state index contributed by atoms with van der Waals surface area (Å²) >= 11 is 0. The van der Waals surface area contributed by atoms with Gasteiger partial charge in [-0.05, 0) is 0 Å². The Labute approximate surface area is 85.8 Å². The number of hydrogen-bond acceptors (Lipinski definition) is 4. The van der Waals surface area contributed by atoms with Gasteiger partial charge >= 0.3 is 8.80 Å². The Morgan fingerprint density at radius 1 is 1.07 bits per heavy atom. The Kier molecular flexibility index (Phi) is 3.35. The highest BCUT2D eigenvalue weighted by Crippen LogP contribution is 2.20. The van der Waals surface area contributed by atoms with E-state index >= 15 is 0 Å². The Morgan fingerprint density at radius 2 is 1.57 bits per heavy atom. The summed E-state index contributed by atoms with van der Waals surface area (Å²) in [7, 11) is -2.37. The van der Waals surface area contributed by atoms with Gasteiger partial charge in [0, 0.05) is 25.7 Å². The van der Waals surface area contributed by atoms with Crippen molar-refractivity contribution >= 4 is 8.80 Å². The highest BCUT2D eigenvalue weighted by molar-refractivity contribution is 6.61. The zero-order chi connectivity index (χ0) is 9.86. The second-order valence-electron chi connectivity index (χ2n) is 3.56. The van der Waals surface area contributed by atoms with E-state index in [1.807, 2.05) is 6.08 Å². The van der Waals surface area contributed by atoms with Crippen molar-refractivity contribution in [2.75, 3.05) is 39.5 Å². The topological polar surface area (TPSA) is 30.9 Å². The SMILES string of the molecule is C=CC[Si]12OCCN(CCO1)CCO2. The quantitative estimate of drug-likeness (QED) is 0.495. The minimum Gasteiger partial charge on any atom is -0.372 e. The molecule has 0 saturated carbocycles. The molecule has 3 aliphatic rings. The molecule has 0 spiro atoms. The molecule has 3 fully saturated rings. The van der Waals surface area contributed by atoms with Crippen molar-refractivity contribution in [3.8, 4) is 0 Å². The smallest absolute Gasteiger partial charge is 0.372 e.